The summed E-state index contributed by atoms with van der Waals surface area (Å²) in [5.41, 5.74) is 3.79. The smallest absolute Gasteiger partial charge is 0.240 e. The van der Waals surface area contributed by atoms with Gasteiger partial charge in [0, 0.05) is 30.4 Å². The van der Waals surface area contributed by atoms with Crippen LogP contribution in [0.3, 0.4) is 0 Å². The number of benzene rings is 3. The zero-order chi connectivity index (χ0) is 28.0. The molecular weight excluding hydrogens is 548 g/mol. The second-order valence-electron chi connectivity index (χ2n) is 8.78. The summed E-state index contributed by atoms with van der Waals surface area (Å²) in [6.07, 6.45) is 2.20. The number of halogens is 1. The first-order chi connectivity index (χ1) is 19.4. The minimum Gasteiger partial charge on any atom is -0.495 e. The molecule has 2 aromatic heterocycles. The Morgan fingerprint density at radius 3 is 2.40 bits per heavy atom. The van der Waals surface area contributed by atoms with Crippen LogP contribution >= 0.6 is 11.6 Å². The number of imidazole rings is 1. The van der Waals surface area contributed by atoms with Crippen LogP contribution in [0, 0.1) is 0 Å². The normalized spacial score (nSPS) is 11.3. The molecule has 0 spiro atoms. The van der Waals surface area contributed by atoms with Crippen LogP contribution in [0.1, 0.15) is 6.42 Å². The Labute approximate surface area is 237 Å². The van der Waals surface area contributed by atoms with Crippen LogP contribution in [0.2, 0.25) is 5.02 Å². The van der Waals surface area contributed by atoms with Crippen molar-refractivity contribution in [1.29, 1.82) is 0 Å². The van der Waals surface area contributed by atoms with Crippen LogP contribution in [-0.2, 0) is 10.0 Å². The van der Waals surface area contributed by atoms with Gasteiger partial charge in [0.05, 0.1) is 34.1 Å². The van der Waals surface area contributed by atoms with E-state index in [9.17, 15) is 8.42 Å². The number of nitrogens with one attached hydrogen (secondary N) is 3. The van der Waals surface area contributed by atoms with Gasteiger partial charge in [0.1, 0.15) is 11.6 Å². The van der Waals surface area contributed by atoms with Crippen molar-refractivity contribution in [2.24, 2.45) is 0 Å². The highest BCUT2D eigenvalue weighted by molar-refractivity contribution is 7.89. The predicted molar refractivity (Wildman–Crippen MR) is 157 cm³/mol. The van der Waals surface area contributed by atoms with Gasteiger partial charge in [-0.15, -0.1) is 0 Å². The molecule has 0 radical (unpaired) electrons. The van der Waals surface area contributed by atoms with Crippen molar-refractivity contribution < 1.29 is 13.2 Å². The molecule has 0 atom stereocenters. The van der Waals surface area contributed by atoms with E-state index in [0.29, 0.717) is 52.6 Å². The third kappa shape index (κ3) is 6.31. The third-order valence-corrected chi connectivity index (χ3v) is 7.86. The lowest BCUT2D eigenvalue weighted by atomic mass is 10.1. The van der Waals surface area contributed by atoms with E-state index in [1.165, 1.54) is 0 Å². The zero-order valence-corrected chi connectivity index (χ0v) is 23.2. The summed E-state index contributed by atoms with van der Waals surface area (Å²) in [5, 5.41) is 3.68. The molecule has 5 rings (SSSR count). The Balaban J connectivity index is 1.34. The first kappa shape index (κ1) is 27.3. The maximum atomic E-state index is 12.4. The minimum atomic E-state index is -3.55. The van der Waals surface area contributed by atoms with Crippen LogP contribution in [0.5, 0.6) is 5.75 Å². The maximum absolute atomic E-state index is 12.4. The number of aromatic amines is 1. The molecule has 3 aromatic carbocycles. The van der Waals surface area contributed by atoms with Crippen molar-refractivity contribution in [3.63, 3.8) is 0 Å². The summed E-state index contributed by atoms with van der Waals surface area (Å²) in [5.74, 6) is 1.65. The van der Waals surface area contributed by atoms with Gasteiger partial charge in [-0.25, -0.2) is 28.1 Å². The van der Waals surface area contributed by atoms with E-state index in [0.717, 1.165) is 11.1 Å². The first-order valence-corrected chi connectivity index (χ1v) is 14.4. The molecule has 0 unspecified atom stereocenters. The molecule has 0 aliphatic rings. The number of aromatic nitrogens is 4. The SMILES string of the molecule is COc1cc(-c2nc(-c3ccccc3)[nH]c2-c2ccnc(NCCCNS(=O)(=O)c3ccccc3)n2)ccc1Cl. The molecule has 5 aromatic rings. The molecule has 0 amide bonds. The number of ether oxygens (including phenoxy) is 1. The van der Waals surface area contributed by atoms with Gasteiger partial charge < -0.3 is 15.0 Å². The van der Waals surface area contributed by atoms with Crippen molar-refractivity contribution in [2.75, 3.05) is 25.5 Å². The van der Waals surface area contributed by atoms with E-state index in [1.807, 2.05) is 42.5 Å². The molecule has 9 nitrogen and oxygen atoms in total. The average Bonchev–Trinajstić information content (AvgIpc) is 3.44. The molecule has 0 bridgehead atoms. The van der Waals surface area contributed by atoms with Crippen LogP contribution in [0.25, 0.3) is 34.0 Å². The number of nitrogens with zero attached hydrogens (tertiary/aromatic N) is 3. The zero-order valence-electron chi connectivity index (χ0n) is 21.6. The predicted octanol–water partition coefficient (Wildman–Crippen LogP) is 5.64. The van der Waals surface area contributed by atoms with Crippen LogP contribution in [0.15, 0.2) is 96.0 Å². The highest BCUT2D eigenvalue weighted by atomic mass is 35.5. The Hall–Kier alpha value is -4.25. The number of methoxy groups -OCH3 is 1. The number of rotatable bonds is 11. The lowest BCUT2D eigenvalue weighted by molar-refractivity contribution is 0.415. The number of H-pyrrole nitrogens is 1. The van der Waals surface area contributed by atoms with Crippen molar-refractivity contribution in [1.82, 2.24) is 24.7 Å². The fourth-order valence-electron chi connectivity index (χ4n) is 4.07. The average molecular weight is 575 g/mol. The Kier molecular flexibility index (Phi) is 8.40. The maximum Gasteiger partial charge on any atom is 0.240 e. The Morgan fingerprint density at radius 1 is 0.900 bits per heavy atom. The summed E-state index contributed by atoms with van der Waals surface area (Å²) < 4.78 is 32.8. The summed E-state index contributed by atoms with van der Waals surface area (Å²) in [7, 11) is -1.97. The van der Waals surface area contributed by atoms with Gasteiger partial charge in [-0.2, -0.15) is 0 Å². The van der Waals surface area contributed by atoms with Crippen LogP contribution in [-0.4, -0.2) is 48.6 Å². The molecule has 11 heteroatoms. The summed E-state index contributed by atoms with van der Waals surface area (Å²) in [6, 6.07) is 25.4. The molecule has 0 aliphatic carbocycles. The Bertz CT molecular complexity index is 1700. The van der Waals surface area contributed by atoms with Gasteiger partial charge in [0.25, 0.3) is 0 Å². The summed E-state index contributed by atoms with van der Waals surface area (Å²) in [6.45, 7) is 0.744. The topological polar surface area (TPSA) is 122 Å². The molecule has 40 heavy (non-hydrogen) atoms. The Morgan fingerprint density at radius 2 is 1.65 bits per heavy atom. The standard InChI is InChI=1S/C29H27ClN6O3S/c1-39-25-19-21(13-14-23(25)30)26-27(36-28(35-26)20-9-4-2-5-10-20)24-15-18-32-29(34-24)31-16-8-17-33-40(37,38)22-11-6-3-7-12-22/h2-7,9-15,18-19,33H,8,16-17H2,1H3,(H,35,36)(H,31,32,34). The molecule has 0 saturated carbocycles. The monoisotopic (exact) mass is 574 g/mol. The van der Waals surface area contributed by atoms with Crippen LogP contribution in [0.4, 0.5) is 5.95 Å². The molecule has 0 aliphatic heterocycles. The second kappa shape index (κ2) is 12.3. The van der Waals surface area contributed by atoms with Gasteiger partial charge in [0.2, 0.25) is 16.0 Å². The van der Waals surface area contributed by atoms with Crippen molar-refractivity contribution in [3.8, 4) is 39.8 Å². The van der Waals surface area contributed by atoms with Gasteiger partial charge >= 0.3 is 0 Å². The van der Waals surface area contributed by atoms with Crippen molar-refractivity contribution in [2.45, 2.75) is 11.3 Å². The molecule has 0 fully saturated rings. The van der Waals surface area contributed by atoms with Gasteiger partial charge in [-0.05, 0) is 36.8 Å². The number of hydrogen-bond acceptors (Lipinski definition) is 7. The fraction of sp³-hybridized carbons (Fsp3) is 0.138. The van der Waals surface area contributed by atoms with E-state index >= 15 is 0 Å². The minimum absolute atomic E-state index is 0.238. The summed E-state index contributed by atoms with van der Waals surface area (Å²) >= 11 is 6.27. The quantitative estimate of drug-likeness (QED) is 0.174. The van der Waals surface area contributed by atoms with E-state index < -0.39 is 10.0 Å². The lowest BCUT2D eigenvalue weighted by Crippen LogP contribution is -2.26. The van der Waals surface area contributed by atoms with Crippen molar-refractivity contribution >= 4 is 27.6 Å². The highest BCUT2D eigenvalue weighted by Gasteiger charge is 2.18. The van der Waals surface area contributed by atoms with Crippen LogP contribution < -0.4 is 14.8 Å². The highest BCUT2D eigenvalue weighted by Crippen LogP contribution is 2.36. The van der Waals surface area contributed by atoms with E-state index in [-0.39, 0.29) is 11.4 Å². The molecule has 204 valence electrons. The van der Waals surface area contributed by atoms with Crippen molar-refractivity contribution in [3.05, 3.63) is 96.1 Å². The van der Waals surface area contributed by atoms with E-state index in [4.69, 9.17) is 26.3 Å². The van der Waals surface area contributed by atoms with Gasteiger partial charge in [-0.1, -0.05) is 66.2 Å². The lowest BCUT2D eigenvalue weighted by Gasteiger charge is -2.09. The molecule has 0 saturated heterocycles. The van der Waals surface area contributed by atoms with E-state index in [2.05, 4.69) is 20.0 Å². The molecule has 3 N–H and O–H groups in total. The fourth-order valence-corrected chi connectivity index (χ4v) is 5.36. The molecular formula is C29H27ClN6O3S. The third-order valence-electron chi connectivity index (χ3n) is 6.07. The number of hydrogen-bond donors (Lipinski definition) is 3. The van der Waals surface area contributed by atoms with Gasteiger partial charge in [0.15, 0.2) is 0 Å². The van der Waals surface area contributed by atoms with E-state index in [1.54, 1.807) is 55.8 Å². The van der Waals surface area contributed by atoms with Gasteiger partial charge in [-0.3, -0.25) is 0 Å². The first-order valence-electron chi connectivity index (χ1n) is 12.6. The molecule has 2 heterocycles. The summed E-state index contributed by atoms with van der Waals surface area (Å²) in [4.78, 5) is 17.6. The largest absolute Gasteiger partial charge is 0.495 e. The second-order valence-corrected chi connectivity index (χ2v) is 11.0. The number of anilines is 1. The number of sulfonamides is 1.